The van der Waals surface area contributed by atoms with Crippen LogP contribution in [0.2, 0.25) is 0 Å². The van der Waals surface area contributed by atoms with Gasteiger partial charge < -0.3 is 20.5 Å². The van der Waals surface area contributed by atoms with E-state index in [2.05, 4.69) is 4.90 Å². The molecule has 0 spiro atoms. The molecule has 3 N–H and O–H groups in total. The Kier molecular flexibility index (Phi) is 7.42. The summed E-state index contributed by atoms with van der Waals surface area (Å²) < 4.78 is 5.60. The molecule has 0 bridgehead atoms. The minimum atomic E-state index is -0.567. The second-order valence-corrected chi connectivity index (χ2v) is 7.20. The molecule has 0 saturated carbocycles. The second kappa shape index (κ2) is 10.2. The van der Waals surface area contributed by atoms with Crippen LogP contribution in [0.15, 0.2) is 60.7 Å². The highest BCUT2D eigenvalue weighted by atomic mass is 16.5. The molecule has 2 aromatic rings. The van der Waals surface area contributed by atoms with Crippen LogP contribution >= 0.6 is 0 Å². The zero-order chi connectivity index (χ0) is 19.8. The minimum Gasteiger partial charge on any atom is -0.491 e. The minimum absolute atomic E-state index is 0.00328. The van der Waals surface area contributed by atoms with Crippen molar-refractivity contribution in [2.45, 2.75) is 18.6 Å². The molecule has 1 amide bonds. The highest BCUT2D eigenvalue weighted by Crippen LogP contribution is 2.10. The largest absolute Gasteiger partial charge is 0.491 e. The maximum Gasteiger partial charge on any atom is 0.239 e. The van der Waals surface area contributed by atoms with Gasteiger partial charge in [0.1, 0.15) is 18.5 Å². The van der Waals surface area contributed by atoms with Gasteiger partial charge in [0.25, 0.3) is 0 Å². The van der Waals surface area contributed by atoms with Crippen LogP contribution in [0.4, 0.5) is 0 Å². The number of carbonyl (C=O) groups excluding carboxylic acids is 1. The van der Waals surface area contributed by atoms with Crippen molar-refractivity contribution in [3.8, 4) is 5.75 Å². The molecule has 3 rings (SSSR count). The number of hydrogen-bond acceptors (Lipinski definition) is 5. The molecular weight excluding hydrogens is 354 g/mol. The summed E-state index contributed by atoms with van der Waals surface area (Å²) >= 11 is 0. The predicted molar refractivity (Wildman–Crippen MR) is 109 cm³/mol. The van der Waals surface area contributed by atoms with Crippen molar-refractivity contribution in [1.29, 1.82) is 0 Å². The van der Waals surface area contributed by atoms with Crippen molar-refractivity contribution < 1.29 is 14.6 Å². The van der Waals surface area contributed by atoms with E-state index in [9.17, 15) is 9.90 Å². The molecule has 2 unspecified atom stereocenters. The summed E-state index contributed by atoms with van der Waals surface area (Å²) in [5.74, 6) is 0.751. The Hall–Kier alpha value is -2.41. The van der Waals surface area contributed by atoms with Gasteiger partial charge in [0.2, 0.25) is 5.91 Å². The van der Waals surface area contributed by atoms with Gasteiger partial charge in [0, 0.05) is 32.7 Å². The number of rotatable bonds is 8. The number of amides is 1. The number of para-hydroxylation sites is 1. The number of β-amino-alcohol motifs (C(OH)–C–C–N with tert-alkyl or cyclic N) is 1. The maximum absolute atomic E-state index is 12.6. The topological polar surface area (TPSA) is 79.0 Å². The van der Waals surface area contributed by atoms with E-state index >= 15 is 0 Å². The molecule has 1 aliphatic heterocycles. The Morgan fingerprint density at radius 2 is 1.61 bits per heavy atom. The smallest absolute Gasteiger partial charge is 0.239 e. The van der Waals surface area contributed by atoms with Crippen LogP contribution in [0.25, 0.3) is 0 Å². The van der Waals surface area contributed by atoms with E-state index in [0.717, 1.165) is 24.4 Å². The van der Waals surface area contributed by atoms with E-state index in [4.69, 9.17) is 10.5 Å². The van der Waals surface area contributed by atoms with Crippen molar-refractivity contribution in [1.82, 2.24) is 9.80 Å². The number of nitrogens with two attached hydrogens (primary N) is 1. The molecule has 2 aromatic carbocycles. The first-order valence-electron chi connectivity index (χ1n) is 9.78. The number of hydrogen-bond donors (Lipinski definition) is 2. The normalized spacial score (nSPS) is 17.1. The first kappa shape index (κ1) is 20.3. The summed E-state index contributed by atoms with van der Waals surface area (Å²) in [5, 5.41) is 10.2. The molecule has 1 heterocycles. The van der Waals surface area contributed by atoms with Gasteiger partial charge in [0.15, 0.2) is 0 Å². The van der Waals surface area contributed by atoms with Gasteiger partial charge in [0.05, 0.1) is 6.04 Å². The number of carbonyl (C=O) groups is 1. The number of ether oxygens (including phenoxy) is 1. The molecule has 2 atom stereocenters. The van der Waals surface area contributed by atoms with Gasteiger partial charge in [-0.1, -0.05) is 48.5 Å². The summed E-state index contributed by atoms with van der Waals surface area (Å²) in [4.78, 5) is 16.6. The van der Waals surface area contributed by atoms with E-state index < -0.39 is 12.1 Å². The lowest BCUT2D eigenvalue weighted by atomic mass is 10.1. The molecule has 1 saturated heterocycles. The molecule has 1 fully saturated rings. The molecule has 0 aromatic heterocycles. The third-order valence-electron chi connectivity index (χ3n) is 4.95. The summed E-state index contributed by atoms with van der Waals surface area (Å²) in [5.41, 5.74) is 7.20. The van der Waals surface area contributed by atoms with Gasteiger partial charge in [-0.2, -0.15) is 0 Å². The van der Waals surface area contributed by atoms with Crippen LogP contribution in [0.1, 0.15) is 5.56 Å². The van der Waals surface area contributed by atoms with E-state index in [1.165, 1.54) is 0 Å². The third-order valence-corrected chi connectivity index (χ3v) is 4.95. The van der Waals surface area contributed by atoms with Crippen molar-refractivity contribution in [2.75, 3.05) is 39.3 Å². The van der Waals surface area contributed by atoms with E-state index in [1.807, 2.05) is 65.6 Å². The molecular formula is C22H29N3O3. The lowest BCUT2D eigenvalue weighted by Crippen LogP contribution is -2.54. The van der Waals surface area contributed by atoms with Crippen molar-refractivity contribution in [3.63, 3.8) is 0 Å². The van der Waals surface area contributed by atoms with Gasteiger partial charge in [-0.25, -0.2) is 0 Å². The molecule has 0 radical (unpaired) electrons. The Morgan fingerprint density at radius 1 is 1.00 bits per heavy atom. The van der Waals surface area contributed by atoms with E-state index in [1.54, 1.807) is 0 Å². The van der Waals surface area contributed by atoms with Gasteiger partial charge in [-0.15, -0.1) is 0 Å². The van der Waals surface area contributed by atoms with Crippen molar-refractivity contribution >= 4 is 5.91 Å². The fourth-order valence-corrected chi connectivity index (χ4v) is 3.40. The van der Waals surface area contributed by atoms with E-state index in [0.29, 0.717) is 26.1 Å². The zero-order valence-corrected chi connectivity index (χ0v) is 16.1. The van der Waals surface area contributed by atoms with Crippen molar-refractivity contribution in [2.24, 2.45) is 5.73 Å². The Morgan fingerprint density at radius 3 is 2.25 bits per heavy atom. The Balaban J connectivity index is 1.38. The molecule has 1 aliphatic rings. The second-order valence-electron chi connectivity index (χ2n) is 7.20. The summed E-state index contributed by atoms with van der Waals surface area (Å²) in [6.07, 6.45) is -0.0158. The van der Waals surface area contributed by atoms with Gasteiger partial charge >= 0.3 is 0 Å². The monoisotopic (exact) mass is 383 g/mol. The quantitative estimate of drug-likeness (QED) is 0.715. The molecule has 150 valence electrons. The average molecular weight is 383 g/mol. The van der Waals surface area contributed by atoms with Crippen LogP contribution < -0.4 is 10.5 Å². The molecule has 28 heavy (non-hydrogen) atoms. The van der Waals surface area contributed by atoms with Crippen LogP contribution in [0.3, 0.4) is 0 Å². The predicted octanol–water partition coefficient (Wildman–Crippen LogP) is 1.14. The van der Waals surface area contributed by atoms with Crippen LogP contribution in [-0.2, 0) is 11.2 Å². The molecule has 6 heteroatoms. The molecule has 6 nitrogen and oxygen atoms in total. The standard InChI is InChI=1S/C22H29N3O3/c23-21(15-18-7-3-1-4-8-18)22(27)25-13-11-24(12-14-25)16-19(26)17-28-20-9-5-2-6-10-20/h1-10,19,21,26H,11-17,23H2. The summed E-state index contributed by atoms with van der Waals surface area (Å²) in [7, 11) is 0. The highest BCUT2D eigenvalue weighted by molar-refractivity contribution is 5.82. The first-order valence-corrected chi connectivity index (χ1v) is 9.78. The van der Waals surface area contributed by atoms with Crippen molar-refractivity contribution in [3.05, 3.63) is 66.2 Å². The number of nitrogens with zero attached hydrogens (tertiary/aromatic N) is 2. The Labute approximate surface area is 166 Å². The number of aliphatic hydroxyl groups excluding tert-OH is 1. The molecule has 0 aliphatic carbocycles. The SMILES string of the molecule is NC(Cc1ccccc1)C(=O)N1CCN(CC(O)COc2ccccc2)CC1. The van der Waals surface area contributed by atoms with Crippen LogP contribution in [-0.4, -0.2) is 72.3 Å². The average Bonchev–Trinajstić information content (AvgIpc) is 2.74. The van der Waals surface area contributed by atoms with Gasteiger partial charge in [-0.3, -0.25) is 9.69 Å². The van der Waals surface area contributed by atoms with E-state index in [-0.39, 0.29) is 12.5 Å². The number of piperazine rings is 1. The first-order chi connectivity index (χ1) is 13.6. The maximum atomic E-state index is 12.6. The third kappa shape index (κ3) is 6.05. The fourth-order valence-electron chi connectivity index (χ4n) is 3.40. The Bertz CT molecular complexity index is 718. The summed E-state index contributed by atoms with van der Waals surface area (Å²) in [6, 6.07) is 18.8. The lowest BCUT2D eigenvalue weighted by Gasteiger charge is -2.36. The highest BCUT2D eigenvalue weighted by Gasteiger charge is 2.26. The summed E-state index contributed by atoms with van der Waals surface area (Å²) in [6.45, 7) is 3.51. The number of benzene rings is 2. The van der Waals surface area contributed by atoms with Gasteiger partial charge in [-0.05, 0) is 24.1 Å². The zero-order valence-electron chi connectivity index (χ0n) is 16.1. The fraction of sp³-hybridized carbons (Fsp3) is 0.409. The lowest BCUT2D eigenvalue weighted by molar-refractivity contribution is -0.134. The van der Waals surface area contributed by atoms with Crippen LogP contribution in [0.5, 0.6) is 5.75 Å². The van der Waals surface area contributed by atoms with Crippen LogP contribution in [0, 0.1) is 0 Å². The number of aliphatic hydroxyl groups is 1.